The first-order valence-corrected chi connectivity index (χ1v) is 9.70. The predicted molar refractivity (Wildman–Crippen MR) is 98.9 cm³/mol. The van der Waals surface area contributed by atoms with Crippen LogP contribution in [0.2, 0.25) is 0 Å². The van der Waals surface area contributed by atoms with E-state index < -0.39 is 0 Å². The maximum absolute atomic E-state index is 12.7. The number of amides is 1. The lowest BCUT2D eigenvalue weighted by Crippen LogP contribution is -2.39. The van der Waals surface area contributed by atoms with Crippen molar-refractivity contribution in [2.45, 2.75) is 38.0 Å². The summed E-state index contributed by atoms with van der Waals surface area (Å²) < 4.78 is 1.82. The third kappa shape index (κ3) is 4.20. The maximum atomic E-state index is 12.7. The summed E-state index contributed by atoms with van der Waals surface area (Å²) in [6, 6.07) is 8.70. The molecule has 1 aliphatic rings. The number of nitrogens with zero attached hydrogens (tertiary/aromatic N) is 3. The molecule has 24 heavy (non-hydrogen) atoms. The number of aromatic nitrogens is 2. The average molecular weight is 343 g/mol. The highest BCUT2D eigenvalue weighted by Crippen LogP contribution is 2.31. The van der Waals surface area contributed by atoms with E-state index in [1.54, 1.807) is 11.8 Å². The lowest BCUT2D eigenvalue weighted by atomic mass is 9.97. The van der Waals surface area contributed by atoms with E-state index in [9.17, 15) is 4.79 Å². The predicted octanol–water partition coefficient (Wildman–Crippen LogP) is 3.72. The standard InChI is InChI=1S/C19H25N3OS/c1-15-6-5-7-16(10-15)13-24-14-19(23)22-9-4-3-8-18(22)17-11-20-21(2)12-17/h5-7,10-12,18H,3-4,8-9,13-14H2,1-2H3. The van der Waals surface area contributed by atoms with Crippen molar-refractivity contribution in [3.05, 3.63) is 53.3 Å². The summed E-state index contributed by atoms with van der Waals surface area (Å²) in [6.07, 6.45) is 7.26. The zero-order valence-electron chi connectivity index (χ0n) is 14.4. The normalized spacial score (nSPS) is 17.9. The fraction of sp³-hybridized carbons (Fsp3) is 0.474. The minimum Gasteiger partial charge on any atom is -0.335 e. The van der Waals surface area contributed by atoms with Gasteiger partial charge in [0.15, 0.2) is 0 Å². The maximum Gasteiger partial charge on any atom is 0.233 e. The molecule has 2 heterocycles. The molecule has 1 unspecified atom stereocenters. The molecule has 1 atom stereocenters. The van der Waals surface area contributed by atoms with Crippen LogP contribution in [0.3, 0.4) is 0 Å². The molecule has 2 aromatic rings. The summed E-state index contributed by atoms with van der Waals surface area (Å²) in [5.74, 6) is 1.69. The van der Waals surface area contributed by atoms with Gasteiger partial charge in [-0.1, -0.05) is 29.8 Å². The second kappa shape index (κ2) is 7.88. The Hall–Kier alpha value is -1.75. The van der Waals surface area contributed by atoms with E-state index in [1.165, 1.54) is 17.5 Å². The van der Waals surface area contributed by atoms with Crippen LogP contribution in [0.1, 0.15) is 42.0 Å². The highest BCUT2D eigenvalue weighted by molar-refractivity contribution is 7.99. The summed E-state index contributed by atoms with van der Waals surface area (Å²) >= 11 is 1.71. The molecule has 1 aromatic carbocycles. The quantitative estimate of drug-likeness (QED) is 0.830. The van der Waals surface area contributed by atoms with Crippen molar-refractivity contribution in [1.29, 1.82) is 0 Å². The van der Waals surface area contributed by atoms with Gasteiger partial charge in [0, 0.05) is 31.1 Å². The van der Waals surface area contributed by atoms with Gasteiger partial charge in [0.1, 0.15) is 0 Å². The van der Waals surface area contributed by atoms with Crippen LogP contribution in [0.4, 0.5) is 0 Å². The van der Waals surface area contributed by atoms with Crippen molar-refractivity contribution in [2.24, 2.45) is 7.05 Å². The topological polar surface area (TPSA) is 38.1 Å². The Labute approximate surface area is 148 Å². The van der Waals surface area contributed by atoms with Gasteiger partial charge in [0.2, 0.25) is 5.91 Å². The molecule has 5 heteroatoms. The van der Waals surface area contributed by atoms with Crippen molar-refractivity contribution in [3.63, 3.8) is 0 Å². The molecule has 4 nitrogen and oxygen atoms in total. The number of hydrogen-bond donors (Lipinski definition) is 0. The van der Waals surface area contributed by atoms with Crippen LogP contribution in [0, 0.1) is 6.92 Å². The van der Waals surface area contributed by atoms with Crippen molar-refractivity contribution in [3.8, 4) is 0 Å². The van der Waals surface area contributed by atoms with Crippen LogP contribution in [-0.4, -0.2) is 32.9 Å². The van der Waals surface area contributed by atoms with E-state index in [4.69, 9.17) is 0 Å². The van der Waals surface area contributed by atoms with E-state index in [-0.39, 0.29) is 11.9 Å². The first-order valence-electron chi connectivity index (χ1n) is 8.55. The number of thioether (sulfide) groups is 1. The van der Waals surface area contributed by atoms with Crippen LogP contribution in [0.15, 0.2) is 36.7 Å². The highest BCUT2D eigenvalue weighted by Gasteiger charge is 2.28. The summed E-state index contributed by atoms with van der Waals surface area (Å²) in [5.41, 5.74) is 3.72. The molecule has 3 rings (SSSR count). The molecule has 0 radical (unpaired) electrons. The van der Waals surface area contributed by atoms with Crippen LogP contribution in [0.25, 0.3) is 0 Å². The Kier molecular flexibility index (Phi) is 5.61. The molecule has 0 saturated carbocycles. The summed E-state index contributed by atoms with van der Waals surface area (Å²) in [5, 5.41) is 4.27. The van der Waals surface area contributed by atoms with E-state index in [0.717, 1.165) is 30.7 Å². The highest BCUT2D eigenvalue weighted by atomic mass is 32.2. The molecule has 1 aromatic heterocycles. The van der Waals surface area contributed by atoms with Crippen molar-refractivity contribution in [1.82, 2.24) is 14.7 Å². The second-order valence-electron chi connectivity index (χ2n) is 6.53. The second-order valence-corrected chi connectivity index (χ2v) is 7.51. The molecule has 1 amide bonds. The largest absolute Gasteiger partial charge is 0.335 e. The third-order valence-electron chi connectivity index (χ3n) is 4.51. The van der Waals surface area contributed by atoms with Gasteiger partial charge >= 0.3 is 0 Å². The Morgan fingerprint density at radius 3 is 3.00 bits per heavy atom. The zero-order chi connectivity index (χ0) is 16.9. The molecular formula is C19H25N3OS. The van der Waals surface area contributed by atoms with E-state index in [2.05, 4.69) is 41.2 Å². The van der Waals surface area contributed by atoms with Crippen molar-refractivity contribution < 1.29 is 4.79 Å². The van der Waals surface area contributed by atoms with Crippen LogP contribution < -0.4 is 0 Å². The number of carbonyl (C=O) groups excluding carboxylic acids is 1. The average Bonchev–Trinajstić information content (AvgIpc) is 3.01. The first-order chi connectivity index (χ1) is 11.6. The summed E-state index contributed by atoms with van der Waals surface area (Å²) in [6.45, 7) is 2.97. The van der Waals surface area contributed by atoms with Gasteiger partial charge in [0.25, 0.3) is 0 Å². The Morgan fingerprint density at radius 1 is 1.38 bits per heavy atom. The Balaban J connectivity index is 1.58. The number of rotatable bonds is 5. The van der Waals surface area contributed by atoms with Gasteiger partial charge in [-0.05, 0) is 31.7 Å². The first kappa shape index (κ1) is 17.1. The van der Waals surface area contributed by atoms with Gasteiger partial charge in [-0.25, -0.2) is 0 Å². The van der Waals surface area contributed by atoms with Gasteiger partial charge in [-0.15, -0.1) is 11.8 Å². The number of hydrogen-bond acceptors (Lipinski definition) is 3. The van der Waals surface area contributed by atoms with Gasteiger partial charge < -0.3 is 4.90 Å². The van der Waals surface area contributed by atoms with E-state index >= 15 is 0 Å². The molecule has 0 N–H and O–H groups in total. The number of carbonyl (C=O) groups is 1. The van der Waals surface area contributed by atoms with Crippen molar-refractivity contribution in [2.75, 3.05) is 12.3 Å². The lowest BCUT2D eigenvalue weighted by Gasteiger charge is -2.35. The molecule has 128 valence electrons. The van der Waals surface area contributed by atoms with Crippen LogP contribution >= 0.6 is 11.8 Å². The monoisotopic (exact) mass is 343 g/mol. The molecule has 1 fully saturated rings. The van der Waals surface area contributed by atoms with Gasteiger partial charge in [-0.3, -0.25) is 9.48 Å². The minimum atomic E-state index is 0.194. The molecule has 0 spiro atoms. The molecular weight excluding hydrogens is 318 g/mol. The summed E-state index contributed by atoms with van der Waals surface area (Å²) in [7, 11) is 1.93. The Bertz CT molecular complexity index is 697. The lowest BCUT2D eigenvalue weighted by molar-refractivity contribution is -0.132. The fourth-order valence-corrected chi connectivity index (χ4v) is 4.19. The summed E-state index contributed by atoms with van der Waals surface area (Å²) in [4.78, 5) is 14.8. The molecule has 0 bridgehead atoms. The minimum absolute atomic E-state index is 0.194. The van der Waals surface area contributed by atoms with Gasteiger partial charge in [-0.2, -0.15) is 5.10 Å². The third-order valence-corrected chi connectivity index (χ3v) is 5.50. The Morgan fingerprint density at radius 2 is 2.25 bits per heavy atom. The number of likely N-dealkylation sites (tertiary alicyclic amines) is 1. The number of aryl methyl sites for hydroxylation is 2. The molecule has 1 aliphatic heterocycles. The number of benzene rings is 1. The molecule has 1 saturated heterocycles. The van der Waals surface area contributed by atoms with E-state index in [0.29, 0.717) is 5.75 Å². The zero-order valence-corrected chi connectivity index (χ0v) is 15.3. The van der Waals surface area contributed by atoms with Gasteiger partial charge in [0.05, 0.1) is 18.0 Å². The van der Waals surface area contributed by atoms with Crippen LogP contribution in [-0.2, 0) is 17.6 Å². The van der Waals surface area contributed by atoms with Crippen LogP contribution in [0.5, 0.6) is 0 Å². The fourth-order valence-electron chi connectivity index (χ4n) is 3.33. The number of piperidine rings is 1. The van der Waals surface area contributed by atoms with E-state index in [1.807, 2.05) is 24.1 Å². The molecule has 0 aliphatic carbocycles. The smallest absolute Gasteiger partial charge is 0.233 e. The van der Waals surface area contributed by atoms with Crippen molar-refractivity contribution >= 4 is 17.7 Å². The SMILES string of the molecule is Cc1cccc(CSCC(=O)N2CCCCC2c2cnn(C)c2)c1.